The summed E-state index contributed by atoms with van der Waals surface area (Å²) in [4.78, 5) is 17.6. The molecule has 0 spiro atoms. The first-order valence-electron chi connectivity index (χ1n) is 2.63. The molecule has 0 aromatic rings. The zero-order valence-electron chi connectivity index (χ0n) is 5.97. The van der Waals surface area contributed by atoms with E-state index < -0.39 is 0 Å². The van der Waals surface area contributed by atoms with Crippen LogP contribution in [0.4, 0.5) is 0 Å². The van der Waals surface area contributed by atoms with Crippen LogP contribution in [0.15, 0.2) is 0 Å². The van der Waals surface area contributed by atoms with E-state index in [0.29, 0.717) is 0 Å². The van der Waals surface area contributed by atoms with Gasteiger partial charge < -0.3 is 9.59 Å². The molecule has 0 aromatic heterocycles. The Balaban J connectivity index is -0.0000000483. The maximum absolute atomic E-state index is 8.81. The number of carbonyl (C=O) groups is 2. The summed E-state index contributed by atoms with van der Waals surface area (Å²) >= 11 is 0. The van der Waals surface area contributed by atoms with Crippen molar-refractivity contribution in [1.82, 2.24) is 0 Å². The number of hydrogen-bond acceptors (Lipinski definition) is 2. The minimum atomic E-state index is 0.750. The van der Waals surface area contributed by atoms with Crippen molar-refractivity contribution < 1.29 is 9.59 Å². The van der Waals surface area contributed by atoms with Gasteiger partial charge in [0.2, 0.25) is 0 Å². The quantitative estimate of drug-likeness (QED) is 0.451. The van der Waals surface area contributed by atoms with Gasteiger partial charge in [0.15, 0.2) is 0 Å². The van der Waals surface area contributed by atoms with Gasteiger partial charge in [-0.1, -0.05) is 13.8 Å². The third-order valence-corrected chi connectivity index (χ3v) is 0. The van der Waals surface area contributed by atoms with E-state index in [1.807, 2.05) is 13.8 Å². The van der Waals surface area contributed by atoms with Crippen molar-refractivity contribution in [3.05, 3.63) is 0 Å². The zero-order valence-corrected chi connectivity index (χ0v) is 5.97. The Morgan fingerprint density at radius 1 is 0.875 bits per heavy atom. The van der Waals surface area contributed by atoms with Crippen LogP contribution in [-0.2, 0) is 9.59 Å². The molecule has 2 nitrogen and oxygen atoms in total. The lowest BCUT2D eigenvalue weighted by Crippen LogP contribution is -1.36. The van der Waals surface area contributed by atoms with E-state index in [1.165, 1.54) is 13.8 Å². The van der Waals surface area contributed by atoms with Gasteiger partial charge in [-0.25, -0.2) is 0 Å². The molecule has 0 rings (SSSR count). The number of carbonyl (C=O) groups excluding carboxylic acids is 2. The minimum Gasteiger partial charge on any atom is -0.304 e. The van der Waals surface area contributed by atoms with Crippen molar-refractivity contribution in [3.63, 3.8) is 0 Å². The normalized spacial score (nSPS) is 4.00. The highest BCUT2D eigenvalue weighted by Gasteiger charge is 1.24. The van der Waals surface area contributed by atoms with Crippen LogP contribution in [0, 0.1) is 0 Å². The highest BCUT2D eigenvalue weighted by atomic mass is 16.1. The molecule has 0 radical (unpaired) electrons. The second-order valence-electron chi connectivity index (χ2n) is 0.471. The van der Waals surface area contributed by atoms with E-state index >= 15 is 0 Å². The number of aldehydes is 2. The van der Waals surface area contributed by atoms with Crippen molar-refractivity contribution in [2.75, 3.05) is 0 Å². The molecule has 0 atom stereocenters. The Labute approximate surface area is 50.9 Å². The Morgan fingerprint density at radius 2 is 0.875 bits per heavy atom. The fraction of sp³-hybridized carbons (Fsp3) is 0.667. The highest BCUT2D eigenvalue weighted by molar-refractivity contribution is 5.44. The van der Waals surface area contributed by atoms with Crippen LogP contribution in [0.3, 0.4) is 0 Å². The van der Waals surface area contributed by atoms with Gasteiger partial charge in [-0.05, 0) is 13.8 Å². The Hall–Kier alpha value is -0.660. The predicted octanol–water partition coefficient (Wildman–Crippen LogP) is 1.44. The maximum Gasteiger partial charge on any atom is 0.116 e. The van der Waals surface area contributed by atoms with Crippen molar-refractivity contribution in [1.29, 1.82) is 0 Å². The van der Waals surface area contributed by atoms with E-state index in [4.69, 9.17) is 9.59 Å². The molecule has 50 valence electrons. The molecule has 0 heterocycles. The van der Waals surface area contributed by atoms with Gasteiger partial charge in [-0.15, -0.1) is 0 Å². The molecule has 0 unspecified atom stereocenters. The fourth-order valence-corrected chi connectivity index (χ4v) is 0. The van der Waals surface area contributed by atoms with Crippen LogP contribution in [0.2, 0.25) is 0 Å². The average Bonchev–Trinajstić information content (AvgIpc) is 1.75. The lowest BCUT2D eigenvalue weighted by molar-refractivity contribution is -0.106. The predicted molar refractivity (Wildman–Crippen MR) is 34.8 cm³/mol. The molecule has 0 N–H and O–H groups in total. The Kier molecular flexibility index (Phi) is 197. The van der Waals surface area contributed by atoms with Crippen LogP contribution >= 0.6 is 0 Å². The molecule has 0 aliphatic carbocycles. The molecule has 0 fully saturated rings. The van der Waals surface area contributed by atoms with E-state index in [2.05, 4.69) is 0 Å². The van der Waals surface area contributed by atoms with Crippen molar-refractivity contribution in [2.45, 2.75) is 27.7 Å². The molecule has 0 saturated heterocycles. The van der Waals surface area contributed by atoms with Crippen LogP contribution in [-0.4, -0.2) is 12.6 Å². The van der Waals surface area contributed by atoms with E-state index in [-0.39, 0.29) is 0 Å². The van der Waals surface area contributed by atoms with Crippen molar-refractivity contribution >= 4 is 12.6 Å². The summed E-state index contributed by atoms with van der Waals surface area (Å²) in [6.45, 7) is 6.89. The minimum absolute atomic E-state index is 0.750. The fourth-order valence-electron chi connectivity index (χ4n) is 0. The van der Waals surface area contributed by atoms with Gasteiger partial charge >= 0.3 is 0 Å². The van der Waals surface area contributed by atoms with Gasteiger partial charge in [0, 0.05) is 0 Å². The van der Waals surface area contributed by atoms with Gasteiger partial charge in [-0.2, -0.15) is 0 Å². The molecule has 0 saturated carbocycles. The maximum atomic E-state index is 8.81. The average molecular weight is 118 g/mol. The van der Waals surface area contributed by atoms with E-state index in [1.54, 1.807) is 0 Å². The van der Waals surface area contributed by atoms with Gasteiger partial charge in [0.1, 0.15) is 12.6 Å². The summed E-state index contributed by atoms with van der Waals surface area (Å²) in [5, 5.41) is 0. The first kappa shape index (κ1) is 15.7. The Morgan fingerprint density at radius 3 is 0.875 bits per heavy atom. The molecular weight excluding hydrogens is 104 g/mol. The SMILES string of the molecule is CC.CC=O.CC=O. The van der Waals surface area contributed by atoms with Crippen LogP contribution < -0.4 is 0 Å². The molecular formula is C6H14O2. The van der Waals surface area contributed by atoms with Crippen LogP contribution in [0.25, 0.3) is 0 Å². The van der Waals surface area contributed by atoms with Crippen LogP contribution in [0.1, 0.15) is 27.7 Å². The second-order valence-corrected chi connectivity index (χ2v) is 0.471. The van der Waals surface area contributed by atoms with Gasteiger partial charge in [0.25, 0.3) is 0 Å². The number of hydrogen-bond donors (Lipinski definition) is 0. The third-order valence-electron chi connectivity index (χ3n) is 0. The third kappa shape index (κ3) is 231. The monoisotopic (exact) mass is 118 g/mol. The van der Waals surface area contributed by atoms with Crippen molar-refractivity contribution in [3.8, 4) is 0 Å². The summed E-state index contributed by atoms with van der Waals surface area (Å²) < 4.78 is 0. The first-order chi connectivity index (χ1) is 3.83. The van der Waals surface area contributed by atoms with Crippen LogP contribution in [0.5, 0.6) is 0 Å². The zero-order chi connectivity index (χ0) is 7.41. The van der Waals surface area contributed by atoms with Gasteiger partial charge in [0.05, 0.1) is 0 Å². The molecule has 0 aliphatic rings. The van der Waals surface area contributed by atoms with E-state index in [0.717, 1.165) is 12.6 Å². The topological polar surface area (TPSA) is 34.1 Å². The van der Waals surface area contributed by atoms with Gasteiger partial charge in [-0.3, -0.25) is 0 Å². The van der Waals surface area contributed by atoms with Crippen molar-refractivity contribution in [2.24, 2.45) is 0 Å². The molecule has 0 aliphatic heterocycles. The molecule has 0 aromatic carbocycles. The Bertz CT molecular complexity index is 27.5. The lowest BCUT2D eigenvalue weighted by Gasteiger charge is -1.24. The molecule has 8 heavy (non-hydrogen) atoms. The molecule has 0 bridgehead atoms. The summed E-state index contributed by atoms with van der Waals surface area (Å²) in [5.74, 6) is 0. The summed E-state index contributed by atoms with van der Waals surface area (Å²) in [6, 6.07) is 0. The summed E-state index contributed by atoms with van der Waals surface area (Å²) in [7, 11) is 0. The standard InChI is InChI=1S/2C2H4O.C2H6/c2*1-2-3;1-2/h2*2H,1H3;1-2H3. The number of rotatable bonds is 0. The highest BCUT2D eigenvalue weighted by Crippen LogP contribution is 1.14. The smallest absolute Gasteiger partial charge is 0.116 e. The van der Waals surface area contributed by atoms with E-state index in [9.17, 15) is 0 Å². The second kappa shape index (κ2) is 101. The molecule has 0 amide bonds. The largest absolute Gasteiger partial charge is 0.304 e. The summed E-state index contributed by atoms with van der Waals surface area (Å²) in [6.07, 6.45) is 1.50. The first-order valence-corrected chi connectivity index (χ1v) is 2.63. The molecule has 2 heteroatoms. The lowest BCUT2D eigenvalue weighted by atomic mass is 11.0. The summed E-state index contributed by atoms with van der Waals surface area (Å²) in [5.41, 5.74) is 0.